The van der Waals surface area contributed by atoms with Gasteiger partial charge in [0.15, 0.2) is 0 Å². The molecule has 0 aliphatic rings. The summed E-state index contributed by atoms with van der Waals surface area (Å²) in [7, 11) is 0. The van der Waals surface area contributed by atoms with E-state index in [-0.39, 0.29) is 18.6 Å². The fourth-order valence-electron chi connectivity index (χ4n) is 1.07. The van der Waals surface area contributed by atoms with E-state index in [4.69, 9.17) is 10.2 Å². The highest BCUT2D eigenvalue weighted by Gasteiger charge is 2.14. The van der Waals surface area contributed by atoms with Gasteiger partial charge in [-0.1, -0.05) is 0 Å². The van der Waals surface area contributed by atoms with E-state index >= 15 is 0 Å². The van der Waals surface area contributed by atoms with Crippen LogP contribution in [0.1, 0.15) is 15.9 Å². The molecule has 1 rings (SSSR count). The van der Waals surface area contributed by atoms with E-state index in [9.17, 15) is 13.6 Å². The van der Waals surface area contributed by atoms with E-state index in [1.54, 1.807) is 0 Å². The minimum absolute atomic E-state index is 0.00806. The lowest BCUT2D eigenvalue weighted by Crippen LogP contribution is -2.05. The van der Waals surface area contributed by atoms with Crippen molar-refractivity contribution in [1.82, 2.24) is 0 Å². The molecular weight excluding hydrogens is 194 g/mol. The Kier molecular flexibility index (Phi) is 3.14. The summed E-state index contributed by atoms with van der Waals surface area (Å²) in [6.45, 7) is -0.318. The maximum absolute atomic E-state index is 12.9. The fraction of sp³-hybridized carbons (Fsp3) is 0.222. The van der Waals surface area contributed by atoms with Crippen molar-refractivity contribution < 1.29 is 23.8 Å². The molecule has 76 valence electrons. The predicted molar refractivity (Wildman–Crippen MR) is 44.1 cm³/mol. The Labute approximate surface area is 78.6 Å². The van der Waals surface area contributed by atoms with Crippen molar-refractivity contribution in [1.29, 1.82) is 0 Å². The number of aliphatic hydroxyl groups excluding tert-OH is 1. The lowest BCUT2D eigenvalue weighted by molar-refractivity contribution is 0.0691. The number of hydrogen-bond acceptors (Lipinski definition) is 2. The molecule has 1 aromatic carbocycles. The Bertz CT molecular complexity index is 363. The Morgan fingerprint density at radius 2 is 1.93 bits per heavy atom. The van der Waals surface area contributed by atoms with Crippen LogP contribution in [0.2, 0.25) is 0 Å². The molecule has 0 fully saturated rings. The molecule has 0 unspecified atom stereocenters. The number of benzene rings is 1. The van der Waals surface area contributed by atoms with Gasteiger partial charge in [0.25, 0.3) is 0 Å². The zero-order chi connectivity index (χ0) is 10.7. The van der Waals surface area contributed by atoms with E-state index in [0.717, 1.165) is 6.07 Å². The van der Waals surface area contributed by atoms with Gasteiger partial charge in [0.1, 0.15) is 11.6 Å². The maximum Gasteiger partial charge on any atom is 0.338 e. The van der Waals surface area contributed by atoms with Gasteiger partial charge in [-0.2, -0.15) is 0 Å². The highest BCUT2D eigenvalue weighted by Crippen LogP contribution is 2.15. The highest BCUT2D eigenvalue weighted by atomic mass is 19.1. The summed E-state index contributed by atoms with van der Waals surface area (Å²) in [5, 5.41) is 17.1. The Balaban J connectivity index is 3.20. The van der Waals surface area contributed by atoms with Crippen LogP contribution in [0.15, 0.2) is 12.1 Å². The van der Waals surface area contributed by atoms with Gasteiger partial charge in [-0.3, -0.25) is 0 Å². The van der Waals surface area contributed by atoms with Gasteiger partial charge >= 0.3 is 5.97 Å². The van der Waals surface area contributed by atoms with Gasteiger partial charge in [-0.05, 0) is 18.1 Å². The largest absolute Gasteiger partial charge is 0.478 e. The second-order valence-electron chi connectivity index (χ2n) is 2.70. The summed E-state index contributed by atoms with van der Waals surface area (Å²) in [5.74, 6) is -3.42. The number of carboxylic acids is 1. The summed E-state index contributed by atoms with van der Waals surface area (Å²) in [6, 6.07) is 1.40. The van der Waals surface area contributed by atoms with Crippen LogP contribution >= 0.6 is 0 Å². The van der Waals surface area contributed by atoms with Crippen LogP contribution in [0.5, 0.6) is 0 Å². The molecule has 0 aliphatic carbocycles. The molecule has 0 radical (unpaired) electrons. The maximum atomic E-state index is 12.9. The van der Waals surface area contributed by atoms with E-state index in [2.05, 4.69) is 0 Å². The second-order valence-corrected chi connectivity index (χ2v) is 2.70. The molecule has 0 aromatic heterocycles. The van der Waals surface area contributed by atoms with Gasteiger partial charge in [0, 0.05) is 12.7 Å². The summed E-state index contributed by atoms with van der Waals surface area (Å²) in [5.41, 5.74) is -0.596. The molecular formula is C9H8F2O3. The van der Waals surface area contributed by atoms with Crippen LogP contribution in [0.4, 0.5) is 8.78 Å². The third-order valence-electron chi connectivity index (χ3n) is 1.75. The lowest BCUT2D eigenvalue weighted by atomic mass is 10.1. The van der Waals surface area contributed by atoms with Crippen molar-refractivity contribution in [3.05, 3.63) is 34.9 Å². The molecule has 5 heteroatoms. The summed E-state index contributed by atoms with van der Waals surface area (Å²) >= 11 is 0. The monoisotopic (exact) mass is 202 g/mol. The first-order valence-corrected chi connectivity index (χ1v) is 3.88. The molecule has 0 aliphatic heterocycles. The van der Waals surface area contributed by atoms with Gasteiger partial charge in [0.05, 0.1) is 5.56 Å². The van der Waals surface area contributed by atoms with Crippen LogP contribution in [-0.2, 0) is 6.42 Å². The molecule has 0 saturated carbocycles. The lowest BCUT2D eigenvalue weighted by Gasteiger charge is -2.03. The number of aliphatic hydroxyl groups is 1. The molecule has 1 aromatic rings. The smallest absolute Gasteiger partial charge is 0.338 e. The van der Waals surface area contributed by atoms with E-state index in [0.29, 0.717) is 6.07 Å². The number of carbonyl (C=O) groups is 1. The van der Waals surface area contributed by atoms with Gasteiger partial charge < -0.3 is 10.2 Å². The van der Waals surface area contributed by atoms with E-state index < -0.39 is 23.2 Å². The third kappa shape index (κ3) is 2.05. The molecule has 0 saturated heterocycles. The van der Waals surface area contributed by atoms with Crippen molar-refractivity contribution in [2.75, 3.05) is 6.61 Å². The molecule has 0 bridgehead atoms. The van der Waals surface area contributed by atoms with Gasteiger partial charge in [-0.15, -0.1) is 0 Å². The minimum Gasteiger partial charge on any atom is -0.478 e. The molecule has 0 amide bonds. The first-order chi connectivity index (χ1) is 6.56. The zero-order valence-corrected chi connectivity index (χ0v) is 7.13. The molecule has 0 spiro atoms. The standard InChI is InChI=1S/C9H8F2O3/c10-7-4-8(11)6(9(13)14)3-5(7)1-2-12/h3-4,12H,1-2H2,(H,13,14). The first kappa shape index (κ1) is 10.6. The Hall–Kier alpha value is -1.49. The van der Waals surface area contributed by atoms with Crippen LogP contribution in [0.25, 0.3) is 0 Å². The summed E-state index contributed by atoms with van der Waals surface area (Å²) in [6.07, 6.45) is -0.0353. The van der Waals surface area contributed by atoms with Crippen molar-refractivity contribution in [3.8, 4) is 0 Å². The zero-order valence-electron chi connectivity index (χ0n) is 7.13. The number of halogens is 2. The van der Waals surface area contributed by atoms with Gasteiger partial charge in [-0.25, -0.2) is 13.6 Å². The molecule has 0 heterocycles. The molecule has 2 N–H and O–H groups in total. The number of hydrogen-bond donors (Lipinski definition) is 2. The highest BCUT2D eigenvalue weighted by molar-refractivity contribution is 5.88. The summed E-state index contributed by atoms with van der Waals surface area (Å²) < 4.78 is 25.8. The summed E-state index contributed by atoms with van der Waals surface area (Å²) in [4.78, 5) is 10.5. The van der Waals surface area contributed by atoms with Crippen molar-refractivity contribution in [3.63, 3.8) is 0 Å². The minimum atomic E-state index is -1.46. The Morgan fingerprint density at radius 1 is 1.29 bits per heavy atom. The van der Waals surface area contributed by atoms with E-state index in [1.807, 2.05) is 0 Å². The second kappa shape index (κ2) is 4.15. The van der Waals surface area contributed by atoms with Gasteiger partial charge in [0.2, 0.25) is 0 Å². The molecule has 3 nitrogen and oxygen atoms in total. The topological polar surface area (TPSA) is 57.5 Å². The van der Waals surface area contributed by atoms with Crippen molar-refractivity contribution >= 4 is 5.97 Å². The quantitative estimate of drug-likeness (QED) is 0.774. The normalized spacial score (nSPS) is 10.2. The van der Waals surface area contributed by atoms with Crippen LogP contribution in [0, 0.1) is 11.6 Å². The SMILES string of the molecule is O=C(O)c1cc(CCO)c(F)cc1F. The average Bonchev–Trinajstić information content (AvgIpc) is 2.09. The fourth-order valence-corrected chi connectivity index (χ4v) is 1.07. The van der Waals surface area contributed by atoms with E-state index in [1.165, 1.54) is 0 Å². The third-order valence-corrected chi connectivity index (χ3v) is 1.75. The van der Waals surface area contributed by atoms with Crippen molar-refractivity contribution in [2.24, 2.45) is 0 Å². The van der Waals surface area contributed by atoms with Crippen LogP contribution in [-0.4, -0.2) is 22.8 Å². The molecule has 14 heavy (non-hydrogen) atoms. The first-order valence-electron chi connectivity index (χ1n) is 3.88. The Morgan fingerprint density at radius 3 is 2.43 bits per heavy atom. The molecule has 0 atom stereocenters. The predicted octanol–water partition coefficient (Wildman–Crippen LogP) is 1.20. The van der Waals surface area contributed by atoms with Crippen LogP contribution in [0.3, 0.4) is 0 Å². The number of rotatable bonds is 3. The van der Waals surface area contributed by atoms with Crippen LogP contribution < -0.4 is 0 Å². The number of aromatic carboxylic acids is 1. The average molecular weight is 202 g/mol. The number of carboxylic acid groups (broad SMARTS) is 1. The van der Waals surface area contributed by atoms with Crippen molar-refractivity contribution in [2.45, 2.75) is 6.42 Å².